The van der Waals surface area contributed by atoms with Crippen molar-refractivity contribution in [2.24, 2.45) is 0 Å². The third kappa shape index (κ3) is 5.39. The number of ether oxygens (including phenoxy) is 4. The minimum Gasteiger partial charge on any atom is -0.497 e. The predicted octanol–water partition coefficient (Wildman–Crippen LogP) is 5.85. The molecule has 4 rings (SSSR count). The van der Waals surface area contributed by atoms with Crippen LogP contribution in [-0.2, 0) is 6.42 Å². The van der Waals surface area contributed by atoms with E-state index in [9.17, 15) is 0 Å². The van der Waals surface area contributed by atoms with Gasteiger partial charge in [0.2, 0.25) is 0 Å². The SMILES string of the molecule is COc1ccc(OC[C@H]2c3cc(OC)c(OC)cc3CCN2C(=S)Nc2ccc(Br)cc2)cc1. The quantitative estimate of drug-likeness (QED) is 0.375. The van der Waals surface area contributed by atoms with Crippen molar-refractivity contribution in [3.63, 3.8) is 0 Å². The van der Waals surface area contributed by atoms with Gasteiger partial charge >= 0.3 is 0 Å². The third-order valence-corrected chi connectivity index (χ3v) is 6.69. The zero-order valence-electron chi connectivity index (χ0n) is 19.3. The van der Waals surface area contributed by atoms with E-state index in [-0.39, 0.29) is 6.04 Å². The van der Waals surface area contributed by atoms with Gasteiger partial charge in [-0.3, -0.25) is 0 Å². The Morgan fingerprint density at radius 3 is 2.24 bits per heavy atom. The van der Waals surface area contributed by atoms with Gasteiger partial charge in [0.15, 0.2) is 16.6 Å². The van der Waals surface area contributed by atoms with Gasteiger partial charge in [0.05, 0.1) is 27.4 Å². The van der Waals surface area contributed by atoms with Crippen molar-refractivity contribution in [1.29, 1.82) is 0 Å². The first-order valence-corrected chi connectivity index (χ1v) is 12.1. The summed E-state index contributed by atoms with van der Waals surface area (Å²) in [7, 11) is 4.95. The molecule has 0 unspecified atom stereocenters. The average Bonchev–Trinajstić information content (AvgIpc) is 2.87. The van der Waals surface area contributed by atoms with Crippen molar-refractivity contribution in [3.05, 3.63) is 76.3 Å². The highest BCUT2D eigenvalue weighted by Gasteiger charge is 2.31. The fourth-order valence-corrected chi connectivity index (χ4v) is 4.63. The van der Waals surface area contributed by atoms with E-state index in [0.29, 0.717) is 17.5 Å². The number of nitrogens with one attached hydrogen (secondary N) is 1. The molecule has 0 bridgehead atoms. The molecule has 0 amide bonds. The first-order valence-electron chi connectivity index (χ1n) is 10.9. The second kappa shape index (κ2) is 11.0. The number of benzene rings is 3. The number of methoxy groups -OCH3 is 3. The van der Waals surface area contributed by atoms with Gasteiger partial charge in [0, 0.05) is 16.7 Å². The van der Waals surface area contributed by atoms with Gasteiger partial charge in [-0.15, -0.1) is 0 Å². The minimum atomic E-state index is -0.110. The Balaban J connectivity index is 1.62. The predicted molar refractivity (Wildman–Crippen MR) is 142 cm³/mol. The summed E-state index contributed by atoms with van der Waals surface area (Å²) in [6, 6.07) is 19.5. The van der Waals surface area contributed by atoms with Crippen LogP contribution in [0.5, 0.6) is 23.0 Å². The van der Waals surface area contributed by atoms with E-state index >= 15 is 0 Å². The molecule has 0 radical (unpaired) electrons. The molecule has 0 aromatic heterocycles. The summed E-state index contributed by atoms with van der Waals surface area (Å²) < 4.78 is 23.6. The molecule has 3 aromatic carbocycles. The second-order valence-electron chi connectivity index (χ2n) is 7.79. The maximum Gasteiger partial charge on any atom is 0.174 e. The maximum absolute atomic E-state index is 6.22. The molecule has 0 saturated heterocycles. The van der Waals surface area contributed by atoms with Crippen LogP contribution < -0.4 is 24.3 Å². The normalized spacial score (nSPS) is 14.7. The van der Waals surface area contributed by atoms with E-state index in [4.69, 9.17) is 31.2 Å². The van der Waals surface area contributed by atoms with Crippen LogP contribution in [0.15, 0.2) is 65.1 Å². The van der Waals surface area contributed by atoms with Gasteiger partial charge in [0.25, 0.3) is 0 Å². The number of anilines is 1. The highest BCUT2D eigenvalue weighted by atomic mass is 79.9. The maximum atomic E-state index is 6.22. The average molecular weight is 543 g/mol. The van der Waals surface area contributed by atoms with Crippen LogP contribution in [0.4, 0.5) is 5.69 Å². The molecule has 34 heavy (non-hydrogen) atoms. The lowest BCUT2D eigenvalue weighted by atomic mass is 9.92. The molecule has 6 nitrogen and oxygen atoms in total. The van der Waals surface area contributed by atoms with Crippen LogP contribution >= 0.6 is 28.1 Å². The Hall–Kier alpha value is -2.97. The number of hydrogen-bond acceptors (Lipinski definition) is 5. The van der Waals surface area contributed by atoms with Crippen LogP contribution in [0.25, 0.3) is 0 Å². The molecular formula is C26H27BrN2O4S. The standard InChI is InChI=1S/C26H27BrN2O4S/c1-30-20-8-10-21(11-9-20)33-16-23-22-15-25(32-3)24(31-2)14-17(22)12-13-29(23)26(34)28-19-6-4-18(27)5-7-19/h4-11,14-15,23H,12-13,16H2,1-3H3,(H,28,34)/t23-/m0/s1. The van der Waals surface area contributed by atoms with E-state index in [2.05, 4.69) is 32.2 Å². The highest BCUT2D eigenvalue weighted by molar-refractivity contribution is 9.10. The van der Waals surface area contributed by atoms with E-state index in [1.165, 1.54) is 5.56 Å². The first kappa shape index (κ1) is 24.2. The molecule has 1 atom stereocenters. The van der Waals surface area contributed by atoms with Crippen LogP contribution in [-0.4, -0.2) is 44.5 Å². The van der Waals surface area contributed by atoms with Crippen molar-refractivity contribution < 1.29 is 18.9 Å². The Bertz CT molecular complexity index is 1140. The van der Waals surface area contributed by atoms with Gasteiger partial charge in [-0.25, -0.2) is 0 Å². The summed E-state index contributed by atoms with van der Waals surface area (Å²) >= 11 is 9.32. The van der Waals surface area contributed by atoms with Gasteiger partial charge in [-0.05, 0) is 90.4 Å². The molecule has 1 aliphatic rings. The van der Waals surface area contributed by atoms with Gasteiger partial charge in [-0.1, -0.05) is 15.9 Å². The molecule has 1 aliphatic heterocycles. The largest absolute Gasteiger partial charge is 0.497 e. The zero-order chi connectivity index (χ0) is 24.1. The molecule has 1 N–H and O–H groups in total. The Kier molecular flexibility index (Phi) is 7.80. The van der Waals surface area contributed by atoms with Crippen molar-refractivity contribution in [2.75, 3.05) is 39.8 Å². The van der Waals surface area contributed by atoms with Gasteiger partial charge in [-0.2, -0.15) is 0 Å². The van der Waals surface area contributed by atoms with Crippen molar-refractivity contribution in [2.45, 2.75) is 12.5 Å². The lowest BCUT2D eigenvalue weighted by molar-refractivity contribution is 0.190. The number of nitrogens with zero attached hydrogens (tertiary/aromatic N) is 1. The molecule has 0 fully saturated rings. The number of rotatable bonds is 7. The number of hydrogen-bond donors (Lipinski definition) is 1. The topological polar surface area (TPSA) is 52.2 Å². The fraction of sp³-hybridized carbons (Fsp3) is 0.269. The molecule has 3 aromatic rings. The molecule has 0 spiro atoms. The lowest BCUT2D eigenvalue weighted by Crippen LogP contribution is -2.44. The van der Waals surface area contributed by atoms with Gasteiger partial charge in [0.1, 0.15) is 18.1 Å². The Labute approximate surface area is 213 Å². The third-order valence-electron chi connectivity index (χ3n) is 5.83. The van der Waals surface area contributed by atoms with E-state index in [1.807, 2.05) is 54.6 Å². The lowest BCUT2D eigenvalue weighted by Gasteiger charge is -2.39. The summed E-state index contributed by atoms with van der Waals surface area (Å²) in [5.41, 5.74) is 3.24. The van der Waals surface area contributed by atoms with Crippen LogP contribution in [0.1, 0.15) is 17.2 Å². The highest BCUT2D eigenvalue weighted by Crippen LogP contribution is 2.38. The molecule has 0 saturated carbocycles. The summed E-state index contributed by atoms with van der Waals surface area (Å²) in [5.74, 6) is 2.96. The number of halogens is 1. The first-order chi connectivity index (χ1) is 16.5. The van der Waals surface area contributed by atoms with E-state index in [1.54, 1.807) is 21.3 Å². The van der Waals surface area contributed by atoms with Crippen LogP contribution in [0.3, 0.4) is 0 Å². The summed E-state index contributed by atoms with van der Waals surface area (Å²) in [5, 5.41) is 4.02. The van der Waals surface area contributed by atoms with Crippen LogP contribution in [0, 0.1) is 0 Å². The van der Waals surface area contributed by atoms with Crippen molar-refractivity contribution in [1.82, 2.24) is 4.90 Å². The monoisotopic (exact) mass is 542 g/mol. The Morgan fingerprint density at radius 2 is 1.59 bits per heavy atom. The minimum absolute atomic E-state index is 0.110. The van der Waals surface area contributed by atoms with E-state index in [0.717, 1.165) is 45.9 Å². The summed E-state index contributed by atoms with van der Waals surface area (Å²) in [4.78, 5) is 2.18. The number of fused-ring (bicyclic) bond motifs is 1. The van der Waals surface area contributed by atoms with Crippen molar-refractivity contribution in [3.8, 4) is 23.0 Å². The zero-order valence-corrected chi connectivity index (χ0v) is 21.7. The molecule has 0 aliphatic carbocycles. The Morgan fingerprint density at radius 1 is 0.941 bits per heavy atom. The number of thiocarbonyl (C=S) groups is 1. The molecule has 8 heteroatoms. The molecule has 1 heterocycles. The molecule has 178 valence electrons. The van der Waals surface area contributed by atoms with E-state index < -0.39 is 0 Å². The molecular weight excluding hydrogens is 516 g/mol. The summed E-state index contributed by atoms with van der Waals surface area (Å²) in [6.07, 6.45) is 0.830. The second-order valence-corrected chi connectivity index (χ2v) is 9.09. The summed E-state index contributed by atoms with van der Waals surface area (Å²) in [6.45, 7) is 1.17. The van der Waals surface area contributed by atoms with Crippen LogP contribution in [0.2, 0.25) is 0 Å². The fourth-order valence-electron chi connectivity index (χ4n) is 4.03. The van der Waals surface area contributed by atoms with Crippen molar-refractivity contribution >= 4 is 38.9 Å². The van der Waals surface area contributed by atoms with Gasteiger partial charge < -0.3 is 29.2 Å². The smallest absolute Gasteiger partial charge is 0.174 e.